The quantitative estimate of drug-likeness (QED) is 0.528. The summed E-state index contributed by atoms with van der Waals surface area (Å²) in [5, 5.41) is 3.13. The summed E-state index contributed by atoms with van der Waals surface area (Å²) in [6.07, 6.45) is 0.840. The molecule has 0 atom stereocenters. The predicted octanol–water partition coefficient (Wildman–Crippen LogP) is 4.21. The maximum absolute atomic E-state index is 12.7. The van der Waals surface area contributed by atoms with Gasteiger partial charge in [-0.25, -0.2) is 13.1 Å². The van der Waals surface area contributed by atoms with Crippen LogP contribution in [-0.2, 0) is 21.2 Å². The number of aryl methyl sites for hydroxylation is 1. The number of amides is 1. The van der Waals surface area contributed by atoms with E-state index in [1.54, 1.807) is 38.1 Å². The van der Waals surface area contributed by atoms with Crippen LogP contribution in [0.15, 0.2) is 89.8 Å². The second-order valence-corrected chi connectivity index (χ2v) is 9.46. The van der Waals surface area contributed by atoms with Gasteiger partial charge in [-0.3, -0.25) is 4.79 Å². The van der Waals surface area contributed by atoms with Crippen molar-refractivity contribution in [2.75, 3.05) is 0 Å². The van der Waals surface area contributed by atoms with Crippen molar-refractivity contribution in [2.24, 2.45) is 0 Å². The second kappa shape index (κ2) is 10.4. The minimum Gasteiger partial charge on any atom is -0.345 e. The van der Waals surface area contributed by atoms with E-state index in [9.17, 15) is 13.2 Å². The van der Waals surface area contributed by atoms with E-state index in [2.05, 4.69) is 10.0 Å². The zero-order valence-electron chi connectivity index (χ0n) is 17.8. The van der Waals surface area contributed by atoms with Gasteiger partial charge in [0.15, 0.2) is 0 Å². The molecule has 0 heterocycles. The summed E-state index contributed by atoms with van der Waals surface area (Å²) in [6.45, 7) is 3.56. The van der Waals surface area contributed by atoms with Crippen molar-refractivity contribution >= 4 is 15.9 Å². The summed E-state index contributed by atoms with van der Waals surface area (Å²) in [7, 11) is -3.51. The molecule has 0 saturated heterocycles. The minimum absolute atomic E-state index is 0.0594. The zero-order valence-corrected chi connectivity index (χ0v) is 18.6. The van der Waals surface area contributed by atoms with Gasteiger partial charge in [0.25, 0.3) is 0 Å². The van der Waals surface area contributed by atoms with Crippen LogP contribution in [0.2, 0.25) is 0 Å². The summed E-state index contributed by atoms with van der Waals surface area (Å²) in [6, 6.07) is 26.0. The Hall–Kier alpha value is -2.96. The van der Waals surface area contributed by atoms with E-state index in [0.29, 0.717) is 12.8 Å². The lowest BCUT2D eigenvalue weighted by atomic mass is 9.98. The predicted molar refractivity (Wildman–Crippen MR) is 123 cm³/mol. The Kier molecular flexibility index (Phi) is 7.60. The number of hydrogen-bond acceptors (Lipinski definition) is 3. The first-order valence-corrected chi connectivity index (χ1v) is 11.8. The third-order valence-corrected chi connectivity index (χ3v) is 6.51. The molecule has 0 aliphatic rings. The summed E-state index contributed by atoms with van der Waals surface area (Å²) in [5.41, 5.74) is 2.96. The molecule has 0 spiro atoms. The number of sulfonamides is 1. The molecule has 0 fully saturated rings. The SMILES string of the molecule is CC(C)NS(=O)(=O)c1ccc(CCC(=O)NC(c2ccccc2)c2ccccc2)cc1. The van der Waals surface area contributed by atoms with Gasteiger partial charge in [0.05, 0.1) is 10.9 Å². The van der Waals surface area contributed by atoms with E-state index >= 15 is 0 Å². The molecule has 5 nitrogen and oxygen atoms in total. The molecule has 3 rings (SSSR count). The highest BCUT2D eigenvalue weighted by Gasteiger charge is 2.17. The topological polar surface area (TPSA) is 75.3 Å². The van der Waals surface area contributed by atoms with E-state index in [4.69, 9.17) is 0 Å². The highest BCUT2D eigenvalue weighted by molar-refractivity contribution is 7.89. The zero-order chi connectivity index (χ0) is 22.3. The highest BCUT2D eigenvalue weighted by Crippen LogP contribution is 2.22. The number of rotatable bonds is 9. The van der Waals surface area contributed by atoms with Crippen LogP contribution >= 0.6 is 0 Å². The van der Waals surface area contributed by atoms with Gasteiger partial charge in [-0.2, -0.15) is 0 Å². The first-order valence-electron chi connectivity index (χ1n) is 10.4. The fourth-order valence-electron chi connectivity index (χ4n) is 3.35. The Balaban J connectivity index is 1.64. The maximum Gasteiger partial charge on any atom is 0.240 e. The fourth-order valence-corrected chi connectivity index (χ4v) is 4.61. The normalized spacial score (nSPS) is 11.6. The monoisotopic (exact) mass is 436 g/mol. The summed E-state index contributed by atoms with van der Waals surface area (Å²) >= 11 is 0. The Morgan fingerprint density at radius 3 is 1.81 bits per heavy atom. The van der Waals surface area contributed by atoms with E-state index in [0.717, 1.165) is 16.7 Å². The third kappa shape index (κ3) is 6.51. The Bertz CT molecular complexity index is 1040. The first kappa shape index (κ1) is 22.7. The van der Waals surface area contributed by atoms with Crippen LogP contribution in [0.5, 0.6) is 0 Å². The van der Waals surface area contributed by atoms with Crippen molar-refractivity contribution in [1.82, 2.24) is 10.0 Å². The van der Waals surface area contributed by atoms with E-state index in [1.165, 1.54) is 0 Å². The first-order chi connectivity index (χ1) is 14.8. The summed E-state index contributed by atoms with van der Waals surface area (Å²) < 4.78 is 27.0. The van der Waals surface area contributed by atoms with Crippen molar-refractivity contribution in [3.8, 4) is 0 Å². The number of hydrogen-bond donors (Lipinski definition) is 2. The van der Waals surface area contributed by atoms with Crippen molar-refractivity contribution in [1.29, 1.82) is 0 Å². The van der Waals surface area contributed by atoms with Crippen LogP contribution < -0.4 is 10.0 Å². The molecule has 6 heteroatoms. The Morgan fingerprint density at radius 2 is 1.32 bits per heavy atom. The maximum atomic E-state index is 12.7. The Morgan fingerprint density at radius 1 is 0.806 bits per heavy atom. The minimum atomic E-state index is -3.51. The van der Waals surface area contributed by atoms with Gasteiger partial charge >= 0.3 is 0 Å². The number of nitrogens with one attached hydrogen (secondary N) is 2. The number of benzene rings is 3. The molecular formula is C25H28N2O3S. The van der Waals surface area contributed by atoms with Gasteiger partial charge in [-0.15, -0.1) is 0 Å². The van der Waals surface area contributed by atoms with Crippen LogP contribution in [-0.4, -0.2) is 20.4 Å². The molecule has 0 aliphatic carbocycles. The van der Waals surface area contributed by atoms with E-state index < -0.39 is 10.0 Å². The van der Waals surface area contributed by atoms with Gasteiger partial charge in [-0.1, -0.05) is 72.8 Å². The molecule has 0 bridgehead atoms. The molecule has 1 amide bonds. The lowest BCUT2D eigenvalue weighted by Gasteiger charge is -2.20. The largest absolute Gasteiger partial charge is 0.345 e. The molecule has 2 N–H and O–H groups in total. The average molecular weight is 437 g/mol. The summed E-state index contributed by atoms with van der Waals surface area (Å²) in [4.78, 5) is 12.9. The molecule has 0 unspecified atom stereocenters. The molecule has 3 aromatic carbocycles. The number of carbonyl (C=O) groups is 1. The standard InChI is InChI=1S/C25H28N2O3S/c1-19(2)27-31(29,30)23-16-13-20(14-17-23)15-18-24(28)26-25(21-9-5-3-6-10-21)22-11-7-4-8-12-22/h3-14,16-17,19,25,27H,15,18H2,1-2H3,(H,26,28). The molecule has 0 radical (unpaired) electrons. The van der Waals surface area contributed by atoms with Crippen LogP contribution in [0.4, 0.5) is 0 Å². The summed E-state index contributed by atoms with van der Waals surface area (Å²) in [5.74, 6) is -0.0594. The highest BCUT2D eigenvalue weighted by atomic mass is 32.2. The van der Waals surface area contributed by atoms with Crippen LogP contribution in [0.1, 0.15) is 43.0 Å². The second-order valence-electron chi connectivity index (χ2n) is 7.74. The van der Waals surface area contributed by atoms with Gasteiger partial charge in [0, 0.05) is 12.5 Å². The van der Waals surface area contributed by atoms with Crippen LogP contribution in [0.3, 0.4) is 0 Å². The molecular weight excluding hydrogens is 408 g/mol. The third-order valence-electron chi connectivity index (χ3n) is 4.84. The van der Waals surface area contributed by atoms with Crippen LogP contribution in [0.25, 0.3) is 0 Å². The van der Waals surface area contributed by atoms with Crippen molar-refractivity contribution in [3.05, 3.63) is 102 Å². The van der Waals surface area contributed by atoms with Crippen molar-refractivity contribution in [2.45, 2.75) is 43.7 Å². The lowest BCUT2D eigenvalue weighted by Crippen LogP contribution is -2.30. The molecule has 0 saturated carbocycles. The van der Waals surface area contributed by atoms with Crippen molar-refractivity contribution in [3.63, 3.8) is 0 Å². The lowest BCUT2D eigenvalue weighted by molar-refractivity contribution is -0.121. The van der Waals surface area contributed by atoms with E-state index in [1.807, 2.05) is 60.7 Å². The molecule has 3 aromatic rings. The molecule has 162 valence electrons. The van der Waals surface area contributed by atoms with E-state index in [-0.39, 0.29) is 22.9 Å². The Labute approximate surface area is 184 Å². The van der Waals surface area contributed by atoms with Crippen LogP contribution in [0, 0.1) is 0 Å². The van der Waals surface area contributed by atoms with Gasteiger partial charge in [-0.05, 0) is 49.1 Å². The van der Waals surface area contributed by atoms with Crippen molar-refractivity contribution < 1.29 is 13.2 Å². The number of carbonyl (C=O) groups excluding carboxylic acids is 1. The molecule has 0 aliphatic heterocycles. The van der Waals surface area contributed by atoms with Gasteiger partial charge < -0.3 is 5.32 Å². The molecule has 0 aromatic heterocycles. The van der Waals surface area contributed by atoms with Gasteiger partial charge in [0.1, 0.15) is 0 Å². The molecule has 31 heavy (non-hydrogen) atoms. The smallest absolute Gasteiger partial charge is 0.240 e. The average Bonchev–Trinajstić information content (AvgIpc) is 2.77. The van der Waals surface area contributed by atoms with Gasteiger partial charge in [0.2, 0.25) is 15.9 Å². The fraction of sp³-hybridized carbons (Fsp3) is 0.240.